The summed E-state index contributed by atoms with van der Waals surface area (Å²) < 4.78 is 33.5. The monoisotopic (exact) mass is 306 g/mol. The number of halogens is 1. The molecule has 1 unspecified atom stereocenters. The highest BCUT2D eigenvalue weighted by atomic mass is 79.9. The molecule has 1 aliphatic rings. The highest BCUT2D eigenvalue weighted by Crippen LogP contribution is 2.36. The molecular weight excluding hydrogens is 296 g/mol. The van der Waals surface area contributed by atoms with Gasteiger partial charge in [-0.15, -0.1) is 0 Å². The molecule has 1 heterocycles. The molecule has 2 rings (SSSR count). The standard InChI is InChI=1S/C10H11BrO4S/c1-14-16(12,13)6-7-5-15-10-4-8(11)2-3-9(7)10/h2-4,7H,5-6H2,1H3. The summed E-state index contributed by atoms with van der Waals surface area (Å²) in [4.78, 5) is 0. The van der Waals surface area contributed by atoms with Crippen molar-refractivity contribution in [3.63, 3.8) is 0 Å². The van der Waals surface area contributed by atoms with Crippen LogP contribution < -0.4 is 4.74 Å². The van der Waals surface area contributed by atoms with Crippen LogP contribution in [0.25, 0.3) is 0 Å². The van der Waals surface area contributed by atoms with Gasteiger partial charge in [0.25, 0.3) is 10.1 Å². The normalized spacial score (nSPS) is 19.2. The Kier molecular flexibility index (Phi) is 3.23. The third-order valence-corrected chi connectivity index (χ3v) is 4.33. The van der Waals surface area contributed by atoms with Gasteiger partial charge in [0, 0.05) is 16.0 Å². The minimum atomic E-state index is -3.45. The number of fused-ring (bicyclic) bond motifs is 1. The highest BCUT2D eigenvalue weighted by molar-refractivity contribution is 9.10. The Morgan fingerprint density at radius 3 is 3.00 bits per heavy atom. The van der Waals surface area contributed by atoms with Gasteiger partial charge in [-0.05, 0) is 12.1 Å². The molecule has 0 saturated heterocycles. The SMILES string of the molecule is COS(=O)(=O)CC1COc2cc(Br)ccc21. The minimum absolute atomic E-state index is 0.0435. The zero-order chi connectivity index (χ0) is 11.8. The second kappa shape index (κ2) is 4.35. The van der Waals surface area contributed by atoms with Gasteiger partial charge < -0.3 is 4.74 Å². The number of benzene rings is 1. The molecule has 6 heteroatoms. The van der Waals surface area contributed by atoms with E-state index in [0.29, 0.717) is 6.61 Å². The molecule has 0 saturated carbocycles. The molecule has 0 bridgehead atoms. The van der Waals surface area contributed by atoms with Crippen LogP contribution >= 0.6 is 15.9 Å². The van der Waals surface area contributed by atoms with Crippen LogP contribution in [-0.4, -0.2) is 27.9 Å². The van der Waals surface area contributed by atoms with E-state index in [0.717, 1.165) is 15.8 Å². The molecule has 0 amide bonds. The van der Waals surface area contributed by atoms with Crippen molar-refractivity contribution in [1.29, 1.82) is 0 Å². The van der Waals surface area contributed by atoms with E-state index in [2.05, 4.69) is 20.1 Å². The van der Waals surface area contributed by atoms with Crippen molar-refractivity contribution in [2.24, 2.45) is 0 Å². The number of hydrogen-bond acceptors (Lipinski definition) is 4. The first-order valence-electron chi connectivity index (χ1n) is 4.72. The van der Waals surface area contributed by atoms with Crippen LogP contribution in [0.5, 0.6) is 5.75 Å². The largest absolute Gasteiger partial charge is 0.493 e. The van der Waals surface area contributed by atoms with Gasteiger partial charge in [0.05, 0.1) is 19.5 Å². The molecule has 0 radical (unpaired) electrons. The summed E-state index contributed by atoms with van der Waals surface area (Å²) in [5.41, 5.74) is 0.920. The van der Waals surface area contributed by atoms with E-state index in [4.69, 9.17) is 4.74 Å². The minimum Gasteiger partial charge on any atom is -0.493 e. The fourth-order valence-corrected chi connectivity index (χ4v) is 2.95. The van der Waals surface area contributed by atoms with E-state index in [1.165, 1.54) is 7.11 Å². The molecule has 0 aliphatic carbocycles. The van der Waals surface area contributed by atoms with Crippen molar-refractivity contribution in [1.82, 2.24) is 0 Å². The quantitative estimate of drug-likeness (QED) is 0.800. The maximum atomic E-state index is 11.3. The van der Waals surface area contributed by atoms with Gasteiger partial charge in [-0.2, -0.15) is 8.42 Å². The van der Waals surface area contributed by atoms with Crippen LogP contribution in [0.2, 0.25) is 0 Å². The van der Waals surface area contributed by atoms with E-state index in [1.807, 2.05) is 18.2 Å². The summed E-state index contributed by atoms with van der Waals surface area (Å²) in [5, 5.41) is 0. The highest BCUT2D eigenvalue weighted by Gasteiger charge is 2.28. The average Bonchev–Trinajstić information content (AvgIpc) is 2.60. The lowest BCUT2D eigenvalue weighted by Crippen LogP contribution is -2.16. The van der Waals surface area contributed by atoms with Gasteiger partial charge in [-0.25, -0.2) is 0 Å². The molecular formula is C10H11BrO4S. The third kappa shape index (κ3) is 2.39. The summed E-state index contributed by atoms with van der Waals surface area (Å²) in [7, 11) is -2.27. The number of hydrogen-bond donors (Lipinski definition) is 0. The van der Waals surface area contributed by atoms with Gasteiger partial charge in [-0.1, -0.05) is 22.0 Å². The second-order valence-corrected chi connectivity index (χ2v) is 6.28. The van der Waals surface area contributed by atoms with E-state index in [-0.39, 0.29) is 11.7 Å². The van der Waals surface area contributed by atoms with Gasteiger partial charge >= 0.3 is 0 Å². The van der Waals surface area contributed by atoms with Crippen LogP contribution in [0, 0.1) is 0 Å². The Balaban J connectivity index is 2.24. The lowest BCUT2D eigenvalue weighted by atomic mass is 10.0. The lowest BCUT2D eigenvalue weighted by molar-refractivity contribution is 0.332. The molecule has 0 spiro atoms. The van der Waals surface area contributed by atoms with Crippen LogP contribution in [0.1, 0.15) is 11.5 Å². The van der Waals surface area contributed by atoms with Gasteiger partial charge in [0.2, 0.25) is 0 Å². The van der Waals surface area contributed by atoms with Crippen LogP contribution in [-0.2, 0) is 14.3 Å². The molecule has 1 aliphatic heterocycles. The zero-order valence-electron chi connectivity index (χ0n) is 8.64. The molecule has 1 atom stereocenters. The second-order valence-electron chi connectivity index (χ2n) is 3.58. The first kappa shape index (κ1) is 11.9. The number of ether oxygens (including phenoxy) is 1. The molecule has 0 aromatic heterocycles. The number of rotatable bonds is 3. The molecule has 0 N–H and O–H groups in total. The molecule has 0 fully saturated rings. The van der Waals surface area contributed by atoms with E-state index in [9.17, 15) is 8.42 Å². The summed E-state index contributed by atoms with van der Waals surface area (Å²) in [6.07, 6.45) is 0. The summed E-state index contributed by atoms with van der Waals surface area (Å²) in [6.45, 7) is 0.383. The maximum absolute atomic E-state index is 11.3. The lowest BCUT2D eigenvalue weighted by Gasteiger charge is -2.07. The van der Waals surface area contributed by atoms with Crippen molar-refractivity contribution in [2.75, 3.05) is 19.5 Å². The van der Waals surface area contributed by atoms with Gasteiger partial charge in [-0.3, -0.25) is 4.18 Å². The Morgan fingerprint density at radius 1 is 1.56 bits per heavy atom. The van der Waals surface area contributed by atoms with Crippen LogP contribution in [0.3, 0.4) is 0 Å². The van der Waals surface area contributed by atoms with Crippen molar-refractivity contribution in [3.05, 3.63) is 28.2 Å². The Hall–Kier alpha value is -0.590. The maximum Gasteiger partial charge on any atom is 0.267 e. The average molecular weight is 307 g/mol. The van der Waals surface area contributed by atoms with Crippen molar-refractivity contribution >= 4 is 26.0 Å². The summed E-state index contributed by atoms with van der Waals surface area (Å²) in [6, 6.07) is 5.59. The fourth-order valence-electron chi connectivity index (χ4n) is 1.70. The molecule has 1 aromatic rings. The zero-order valence-corrected chi connectivity index (χ0v) is 11.0. The van der Waals surface area contributed by atoms with E-state index in [1.54, 1.807) is 0 Å². The van der Waals surface area contributed by atoms with Crippen molar-refractivity contribution in [2.45, 2.75) is 5.92 Å². The molecule has 16 heavy (non-hydrogen) atoms. The van der Waals surface area contributed by atoms with Gasteiger partial charge in [0.1, 0.15) is 5.75 Å². The Labute approximate surface area is 103 Å². The Morgan fingerprint density at radius 2 is 2.31 bits per heavy atom. The van der Waals surface area contributed by atoms with Crippen molar-refractivity contribution in [3.8, 4) is 5.75 Å². The van der Waals surface area contributed by atoms with E-state index >= 15 is 0 Å². The third-order valence-electron chi connectivity index (χ3n) is 2.51. The molecule has 88 valence electrons. The first-order chi connectivity index (χ1) is 7.52. The fraction of sp³-hybridized carbons (Fsp3) is 0.400. The Bertz CT molecular complexity index is 498. The first-order valence-corrected chi connectivity index (χ1v) is 7.09. The van der Waals surface area contributed by atoms with Crippen LogP contribution in [0.15, 0.2) is 22.7 Å². The summed E-state index contributed by atoms with van der Waals surface area (Å²) in [5.74, 6) is 0.553. The topological polar surface area (TPSA) is 52.6 Å². The van der Waals surface area contributed by atoms with Gasteiger partial charge in [0.15, 0.2) is 0 Å². The molecule has 4 nitrogen and oxygen atoms in total. The van der Waals surface area contributed by atoms with Crippen molar-refractivity contribution < 1.29 is 17.3 Å². The summed E-state index contributed by atoms with van der Waals surface area (Å²) >= 11 is 3.34. The predicted molar refractivity (Wildman–Crippen MR) is 63.2 cm³/mol. The smallest absolute Gasteiger partial charge is 0.267 e. The predicted octanol–water partition coefficient (Wildman–Crippen LogP) is 1.90. The molecule has 1 aromatic carbocycles. The van der Waals surface area contributed by atoms with Crippen LogP contribution in [0.4, 0.5) is 0 Å². The van der Waals surface area contributed by atoms with E-state index < -0.39 is 10.1 Å².